The number of aryl methyl sites for hydroxylation is 1. The molecule has 3 nitrogen and oxygen atoms in total. The Kier molecular flexibility index (Phi) is 2.97. The van der Waals surface area contributed by atoms with Crippen LogP contribution in [0.25, 0.3) is 11.0 Å². The molecule has 0 aliphatic rings. The predicted molar refractivity (Wildman–Crippen MR) is 67.2 cm³/mol. The minimum absolute atomic E-state index is 0.00714. The topological polar surface area (TPSA) is 54.7 Å². The minimum Gasteiger partial charge on any atom is -0.341 e. The highest BCUT2D eigenvalue weighted by Crippen LogP contribution is 2.20. The number of benzene rings is 1. The minimum atomic E-state index is 0.00714. The molecule has 1 aromatic carbocycles. The monoisotopic (exact) mass is 217 g/mol. The Morgan fingerprint density at radius 2 is 2.12 bits per heavy atom. The van der Waals surface area contributed by atoms with E-state index in [1.807, 2.05) is 6.07 Å². The number of nitrogens with zero attached hydrogens (tertiary/aromatic N) is 1. The third-order valence-electron chi connectivity index (χ3n) is 2.73. The fourth-order valence-corrected chi connectivity index (χ4v) is 1.94. The molecule has 0 radical (unpaired) electrons. The van der Waals surface area contributed by atoms with Crippen molar-refractivity contribution < 1.29 is 0 Å². The lowest BCUT2D eigenvalue weighted by Crippen LogP contribution is -2.14. The molecule has 16 heavy (non-hydrogen) atoms. The molecular weight excluding hydrogens is 198 g/mol. The highest BCUT2D eigenvalue weighted by atomic mass is 15.0. The molecular formula is C13H19N3. The third-order valence-corrected chi connectivity index (χ3v) is 2.73. The maximum Gasteiger partial charge on any atom is 0.124 e. The van der Waals surface area contributed by atoms with E-state index in [4.69, 9.17) is 5.73 Å². The first kappa shape index (κ1) is 11.1. The van der Waals surface area contributed by atoms with E-state index in [9.17, 15) is 0 Å². The first-order valence-electron chi connectivity index (χ1n) is 5.78. The van der Waals surface area contributed by atoms with Crippen molar-refractivity contribution in [3.8, 4) is 0 Å². The van der Waals surface area contributed by atoms with Crippen LogP contribution in [0.1, 0.15) is 37.7 Å². The van der Waals surface area contributed by atoms with Gasteiger partial charge in [-0.15, -0.1) is 0 Å². The second-order valence-corrected chi connectivity index (χ2v) is 4.88. The highest BCUT2D eigenvalue weighted by Gasteiger charge is 2.12. The Balaban J connectivity index is 2.32. The molecule has 1 aromatic heterocycles. The summed E-state index contributed by atoms with van der Waals surface area (Å²) < 4.78 is 0. The summed E-state index contributed by atoms with van der Waals surface area (Å²) in [6.45, 7) is 6.42. The van der Waals surface area contributed by atoms with Crippen LogP contribution in [-0.2, 0) is 0 Å². The molecule has 0 saturated carbocycles. The van der Waals surface area contributed by atoms with Crippen LogP contribution < -0.4 is 5.73 Å². The molecule has 0 bridgehead atoms. The van der Waals surface area contributed by atoms with Crippen molar-refractivity contribution in [3.63, 3.8) is 0 Å². The van der Waals surface area contributed by atoms with Crippen molar-refractivity contribution >= 4 is 11.0 Å². The molecule has 3 heteroatoms. The number of aromatic amines is 1. The fraction of sp³-hybridized carbons (Fsp3) is 0.462. The number of nitrogens with one attached hydrogen (secondary N) is 1. The van der Waals surface area contributed by atoms with Gasteiger partial charge in [0.15, 0.2) is 0 Å². The van der Waals surface area contributed by atoms with Crippen molar-refractivity contribution in [2.75, 3.05) is 0 Å². The zero-order valence-electron chi connectivity index (χ0n) is 10.1. The van der Waals surface area contributed by atoms with Crippen LogP contribution in [0.5, 0.6) is 0 Å². The fourth-order valence-electron chi connectivity index (χ4n) is 1.94. The lowest BCUT2D eigenvalue weighted by atomic mass is 10.0. The molecule has 0 fully saturated rings. The van der Waals surface area contributed by atoms with Crippen LogP contribution in [0.2, 0.25) is 0 Å². The summed E-state index contributed by atoms with van der Waals surface area (Å²) in [6, 6.07) is 6.22. The number of rotatable bonds is 3. The van der Waals surface area contributed by atoms with Crippen LogP contribution in [0.3, 0.4) is 0 Å². The van der Waals surface area contributed by atoms with E-state index in [1.54, 1.807) is 0 Å². The second kappa shape index (κ2) is 4.26. The number of hydrogen-bond acceptors (Lipinski definition) is 2. The Morgan fingerprint density at radius 1 is 1.38 bits per heavy atom. The van der Waals surface area contributed by atoms with Gasteiger partial charge in [-0.2, -0.15) is 0 Å². The van der Waals surface area contributed by atoms with Gasteiger partial charge in [0.2, 0.25) is 0 Å². The Bertz CT molecular complexity index is 485. The maximum atomic E-state index is 6.10. The molecule has 0 aliphatic carbocycles. The number of hydrogen-bond donors (Lipinski definition) is 2. The summed E-state index contributed by atoms with van der Waals surface area (Å²) in [5.41, 5.74) is 9.42. The zero-order valence-corrected chi connectivity index (χ0v) is 10.1. The molecule has 1 atom stereocenters. The third kappa shape index (κ3) is 2.25. The molecule has 3 N–H and O–H groups in total. The van der Waals surface area contributed by atoms with Gasteiger partial charge in [-0.3, -0.25) is 0 Å². The molecule has 1 heterocycles. The van der Waals surface area contributed by atoms with Crippen LogP contribution >= 0.6 is 0 Å². The zero-order chi connectivity index (χ0) is 11.7. The first-order chi connectivity index (χ1) is 7.56. The van der Waals surface area contributed by atoms with Gasteiger partial charge in [-0.25, -0.2) is 4.98 Å². The first-order valence-corrected chi connectivity index (χ1v) is 5.78. The lowest BCUT2D eigenvalue weighted by molar-refractivity contribution is 0.496. The Hall–Kier alpha value is -1.35. The van der Waals surface area contributed by atoms with Crippen LogP contribution in [0.15, 0.2) is 18.2 Å². The van der Waals surface area contributed by atoms with Gasteiger partial charge < -0.3 is 10.7 Å². The smallest absolute Gasteiger partial charge is 0.124 e. The molecule has 2 aromatic rings. The predicted octanol–water partition coefficient (Wildman–Crippen LogP) is 2.92. The maximum absolute atomic E-state index is 6.10. The van der Waals surface area contributed by atoms with Crippen molar-refractivity contribution in [1.29, 1.82) is 0 Å². The summed E-state index contributed by atoms with van der Waals surface area (Å²) in [6.07, 6.45) is 0.957. The summed E-state index contributed by atoms with van der Waals surface area (Å²) in [7, 11) is 0. The molecule has 0 spiro atoms. The van der Waals surface area contributed by atoms with E-state index >= 15 is 0 Å². The van der Waals surface area contributed by atoms with Gasteiger partial charge >= 0.3 is 0 Å². The molecule has 0 amide bonds. The van der Waals surface area contributed by atoms with E-state index < -0.39 is 0 Å². The van der Waals surface area contributed by atoms with E-state index in [2.05, 4.69) is 42.9 Å². The SMILES string of the molecule is Cc1ccc2nc(C(N)CC(C)C)[nH]c2c1. The molecule has 0 saturated heterocycles. The highest BCUT2D eigenvalue weighted by molar-refractivity contribution is 5.75. The quantitative estimate of drug-likeness (QED) is 0.830. The summed E-state index contributed by atoms with van der Waals surface area (Å²) >= 11 is 0. The lowest BCUT2D eigenvalue weighted by Gasteiger charge is -2.10. The average Bonchev–Trinajstić information content (AvgIpc) is 2.59. The van der Waals surface area contributed by atoms with E-state index in [-0.39, 0.29) is 6.04 Å². The van der Waals surface area contributed by atoms with Crippen molar-refractivity contribution in [3.05, 3.63) is 29.6 Å². The Labute approximate surface area is 96.1 Å². The van der Waals surface area contributed by atoms with Crippen molar-refractivity contribution in [1.82, 2.24) is 9.97 Å². The van der Waals surface area contributed by atoms with E-state index in [0.29, 0.717) is 5.92 Å². The van der Waals surface area contributed by atoms with Crippen molar-refractivity contribution in [2.24, 2.45) is 11.7 Å². The van der Waals surface area contributed by atoms with Crippen LogP contribution in [0.4, 0.5) is 0 Å². The number of aromatic nitrogens is 2. The van der Waals surface area contributed by atoms with Gasteiger partial charge in [-0.1, -0.05) is 19.9 Å². The number of imidazole rings is 1. The standard InChI is InChI=1S/C13H19N3/c1-8(2)6-10(14)13-15-11-5-4-9(3)7-12(11)16-13/h4-5,7-8,10H,6,14H2,1-3H3,(H,15,16). The van der Waals surface area contributed by atoms with Crippen LogP contribution in [-0.4, -0.2) is 9.97 Å². The van der Waals surface area contributed by atoms with Crippen LogP contribution in [0, 0.1) is 12.8 Å². The molecule has 1 unspecified atom stereocenters. The van der Waals surface area contributed by atoms with E-state index in [0.717, 1.165) is 23.3 Å². The molecule has 2 rings (SSSR count). The van der Waals surface area contributed by atoms with E-state index in [1.165, 1.54) is 5.56 Å². The average molecular weight is 217 g/mol. The molecule has 86 valence electrons. The van der Waals surface area contributed by atoms with Gasteiger partial charge in [0.1, 0.15) is 5.82 Å². The second-order valence-electron chi connectivity index (χ2n) is 4.88. The van der Waals surface area contributed by atoms with Gasteiger partial charge in [0.05, 0.1) is 17.1 Å². The van der Waals surface area contributed by atoms with Crippen molar-refractivity contribution in [2.45, 2.75) is 33.2 Å². The largest absolute Gasteiger partial charge is 0.341 e. The summed E-state index contributed by atoms with van der Waals surface area (Å²) in [5.74, 6) is 1.49. The summed E-state index contributed by atoms with van der Waals surface area (Å²) in [5, 5.41) is 0. The normalized spacial score (nSPS) is 13.6. The number of nitrogens with two attached hydrogens (primary N) is 1. The molecule has 0 aliphatic heterocycles. The number of fused-ring (bicyclic) bond motifs is 1. The summed E-state index contributed by atoms with van der Waals surface area (Å²) in [4.78, 5) is 7.83. The van der Waals surface area contributed by atoms with Gasteiger partial charge in [-0.05, 0) is 37.0 Å². The van der Waals surface area contributed by atoms with Gasteiger partial charge in [0.25, 0.3) is 0 Å². The Morgan fingerprint density at radius 3 is 2.81 bits per heavy atom. The number of H-pyrrole nitrogens is 1. The van der Waals surface area contributed by atoms with Gasteiger partial charge in [0, 0.05) is 0 Å².